The Morgan fingerprint density at radius 3 is 2.58 bits per heavy atom. The molecule has 3 rings (SSSR count). The second-order valence-electron chi connectivity index (χ2n) is 5.36. The van der Waals surface area contributed by atoms with Gasteiger partial charge in [0.1, 0.15) is 11.8 Å². The van der Waals surface area contributed by atoms with Crippen LogP contribution in [0, 0.1) is 11.3 Å². The summed E-state index contributed by atoms with van der Waals surface area (Å²) in [7, 11) is 0. The molecule has 0 N–H and O–H groups in total. The Morgan fingerprint density at radius 2 is 1.83 bits per heavy atom. The normalized spacial score (nSPS) is 12.2. The van der Waals surface area contributed by atoms with Crippen LogP contribution in [0.25, 0.3) is 23.1 Å². The van der Waals surface area contributed by atoms with Crippen LogP contribution in [0.1, 0.15) is 18.2 Å². The second kappa shape index (κ2) is 7.16. The molecule has 4 heteroatoms. The number of benzene rings is 2. The van der Waals surface area contributed by atoms with Gasteiger partial charge in [0, 0.05) is 10.4 Å². The molecule has 0 aliphatic rings. The van der Waals surface area contributed by atoms with Crippen molar-refractivity contribution in [3.05, 3.63) is 70.9 Å². The third kappa shape index (κ3) is 3.92. The number of hydrogen-bond donors (Lipinski definition) is 0. The Morgan fingerprint density at radius 1 is 1.08 bits per heavy atom. The SMILES string of the molecule is CC(C#N)Oc1ccc(/C=C/c2ccc3ccc(Cl)cc3n2)cc1. The lowest BCUT2D eigenvalue weighted by Crippen LogP contribution is -2.07. The summed E-state index contributed by atoms with van der Waals surface area (Å²) < 4.78 is 5.43. The quantitative estimate of drug-likeness (QED) is 0.646. The van der Waals surface area contributed by atoms with Crippen LogP contribution in [0.2, 0.25) is 5.02 Å². The number of rotatable bonds is 4. The molecule has 0 fully saturated rings. The predicted molar refractivity (Wildman–Crippen MR) is 97.8 cm³/mol. The van der Waals surface area contributed by atoms with E-state index in [0.29, 0.717) is 10.8 Å². The number of aromatic nitrogens is 1. The van der Waals surface area contributed by atoms with Gasteiger partial charge in [-0.25, -0.2) is 4.98 Å². The average molecular weight is 335 g/mol. The highest BCUT2D eigenvalue weighted by molar-refractivity contribution is 6.31. The Balaban J connectivity index is 1.77. The smallest absolute Gasteiger partial charge is 0.181 e. The van der Waals surface area contributed by atoms with Gasteiger partial charge in [-0.2, -0.15) is 5.26 Å². The molecule has 24 heavy (non-hydrogen) atoms. The van der Waals surface area contributed by atoms with Crippen LogP contribution in [-0.2, 0) is 0 Å². The number of hydrogen-bond acceptors (Lipinski definition) is 3. The summed E-state index contributed by atoms with van der Waals surface area (Å²) in [6.45, 7) is 1.71. The molecule has 1 aromatic heterocycles. The number of pyridine rings is 1. The number of halogens is 1. The van der Waals surface area contributed by atoms with Crippen LogP contribution in [0.3, 0.4) is 0 Å². The largest absolute Gasteiger partial charge is 0.476 e. The van der Waals surface area contributed by atoms with Crippen molar-refractivity contribution in [2.75, 3.05) is 0 Å². The minimum Gasteiger partial charge on any atom is -0.476 e. The lowest BCUT2D eigenvalue weighted by Gasteiger charge is -2.07. The van der Waals surface area contributed by atoms with Gasteiger partial charge in [-0.05, 0) is 48.9 Å². The monoisotopic (exact) mass is 334 g/mol. The van der Waals surface area contributed by atoms with Gasteiger partial charge in [0.05, 0.1) is 11.2 Å². The van der Waals surface area contributed by atoms with Crippen molar-refractivity contribution in [2.45, 2.75) is 13.0 Å². The van der Waals surface area contributed by atoms with Crippen molar-refractivity contribution < 1.29 is 4.74 Å². The highest BCUT2D eigenvalue weighted by Gasteiger charge is 2.01. The Labute approximate surface area is 145 Å². The van der Waals surface area contributed by atoms with Crippen LogP contribution in [0.4, 0.5) is 0 Å². The van der Waals surface area contributed by atoms with E-state index in [1.54, 1.807) is 6.92 Å². The molecule has 118 valence electrons. The average Bonchev–Trinajstić information content (AvgIpc) is 2.60. The van der Waals surface area contributed by atoms with E-state index in [1.165, 1.54) is 0 Å². The van der Waals surface area contributed by atoms with E-state index >= 15 is 0 Å². The van der Waals surface area contributed by atoms with E-state index in [9.17, 15) is 0 Å². The number of nitrogens with zero attached hydrogens (tertiary/aromatic N) is 2. The maximum Gasteiger partial charge on any atom is 0.181 e. The fourth-order valence-electron chi connectivity index (χ4n) is 2.27. The van der Waals surface area contributed by atoms with E-state index in [-0.39, 0.29) is 0 Å². The van der Waals surface area contributed by atoms with Crippen molar-refractivity contribution >= 4 is 34.7 Å². The van der Waals surface area contributed by atoms with Gasteiger partial charge in [-0.1, -0.05) is 41.9 Å². The molecular formula is C20H15ClN2O. The molecular weight excluding hydrogens is 320 g/mol. The zero-order chi connectivity index (χ0) is 16.9. The van der Waals surface area contributed by atoms with Crippen LogP contribution in [0.15, 0.2) is 54.6 Å². The molecule has 0 amide bonds. The molecule has 3 nitrogen and oxygen atoms in total. The number of nitriles is 1. The number of ether oxygens (including phenoxy) is 1. The van der Waals surface area contributed by atoms with E-state index < -0.39 is 6.10 Å². The van der Waals surface area contributed by atoms with E-state index in [1.807, 2.05) is 72.8 Å². The summed E-state index contributed by atoms with van der Waals surface area (Å²) in [4.78, 5) is 4.59. The van der Waals surface area contributed by atoms with Crippen LogP contribution >= 0.6 is 11.6 Å². The summed E-state index contributed by atoms with van der Waals surface area (Å²) in [5.74, 6) is 0.680. The summed E-state index contributed by atoms with van der Waals surface area (Å²) in [6, 6.07) is 19.3. The molecule has 0 saturated carbocycles. The van der Waals surface area contributed by atoms with Gasteiger partial charge >= 0.3 is 0 Å². The van der Waals surface area contributed by atoms with E-state index in [2.05, 4.69) is 4.98 Å². The van der Waals surface area contributed by atoms with Crippen molar-refractivity contribution in [2.24, 2.45) is 0 Å². The molecule has 0 radical (unpaired) electrons. The van der Waals surface area contributed by atoms with Crippen molar-refractivity contribution in [3.8, 4) is 11.8 Å². The third-order valence-corrected chi connectivity index (χ3v) is 3.73. The molecule has 0 aliphatic carbocycles. The molecule has 1 atom stereocenters. The first-order valence-corrected chi connectivity index (χ1v) is 7.92. The van der Waals surface area contributed by atoms with Crippen molar-refractivity contribution in [3.63, 3.8) is 0 Å². The summed E-state index contributed by atoms with van der Waals surface area (Å²) in [5.41, 5.74) is 2.77. The zero-order valence-corrected chi connectivity index (χ0v) is 13.9. The molecule has 1 heterocycles. The fourth-order valence-corrected chi connectivity index (χ4v) is 2.43. The molecule has 0 bridgehead atoms. The van der Waals surface area contributed by atoms with E-state index in [4.69, 9.17) is 21.6 Å². The van der Waals surface area contributed by atoms with Gasteiger partial charge in [0.15, 0.2) is 6.10 Å². The van der Waals surface area contributed by atoms with Gasteiger partial charge < -0.3 is 4.74 Å². The summed E-state index contributed by atoms with van der Waals surface area (Å²) in [6.07, 6.45) is 3.48. The Bertz CT molecular complexity index is 927. The topological polar surface area (TPSA) is 45.9 Å². The Hall–Kier alpha value is -2.83. The first-order valence-electron chi connectivity index (χ1n) is 7.55. The molecule has 0 aliphatic heterocycles. The molecule has 3 aromatic rings. The summed E-state index contributed by atoms with van der Waals surface area (Å²) in [5, 5.41) is 10.5. The maximum absolute atomic E-state index is 8.75. The molecule has 0 saturated heterocycles. The van der Waals surface area contributed by atoms with Crippen molar-refractivity contribution in [1.29, 1.82) is 5.26 Å². The van der Waals surface area contributed by atoms with Gasteiger partial charge in [0.25, 0.3) is 0 Å². The van der Waals surface area contributed by atoms with Crippen LogP contribution in [0.5, 0.6) is 5.75 Å². The lowest BCUT2D eigenvalue weighted by atomic mass is 10.1. The standard InChI is InChI=1S/C20H15ClN2O/c1-14(13-22)24-19-10-3-15(4-11-19)2-8-18-9-6-16-5-7-17(21)12-20(16)23-18/h2-12,14H,1H3/b8-2+. The van der Waals surface area contributed by atoms with Crippen LogP contribution in [-0.4, -0.2) is 11.1 Å². The second-order valence-corrected chi connectivity index (χ2v) is 5.80. The van der Waals surface area contributed by atoms with Crippen LogP contribution < -0.4 is 4.74 Å². The minimum atomic E-state index is -0.458. The van der Waals surface area contributed by atoms with Crippen molar-refractivity contribution in [1.82, 2.24) is 4.98 Å². The zero-order valence-electron chi connectivity index (χ0n) is 13.1. The number of fused-ring (bicyclic) bond motifs is 1. The lowest BCUT2D eigenvalue weighted by molar-refractivity contribution is 0.276. The fraction of sp³-hybridized carbons (Fsp3) is 0.100. The third-order valence-electron chi connectivity index (χ3n) is 3.50. The predicted octanol–water partition coefficient (Wildman–Crippen LogP) is 5.35. The highest BCUT2D eigenvalue weighted by Crippen LogP contribution is 2.19. The van der Waals surface area contributed by atoms with Gasteiger partial charge in [-0.3, -0.25) is 0 Å². The minimum absolute atomic E-state index is 0.458. The first-order chi connectivity index (χ1) is 11.6. The summed E-state index contributed by atoms with van der Waals surface area (Å²) >= 11 is 6.02. The van der Waals surface area contributed by atoms with E-state index in [0.717, 1.165) is 22.2 Å². The molecule has 0 spiro atoms. The molecule has 2 aromatic carbocycles. The Kier molecular flexibility index (Phi) is 4.79. The highest BCUT2D eigenvalue weighted by atomic mass is 35.5. The van der Waals surface area contributed by atoms with Gasteiger partial charge in [-0.15, -0.1) is 0 Å². The first kappa shape index (κ1) is 16.0. The van der Waals surface area contributed by atoms with Gasteiger partial charge in [0.2, 0.25) is 0 Å². The molecule has 1 unspecified atom stereocenters. The maximum atomic E-state index is 8.75.